The average Bonchev–Trinajstić information content (AvgIpc) is 2.27. The van der Waals surface area contributed by atoms with E-state index in [1.54, 1.807) is 18.3 Å². The van der Waals surface area contributed by atoms with Gasteiger partial charge in [0.25, 0.3) is 0 Å². The van der Waals surface area contributed by atoms with Gasteiger partial charge in [0.1, 0.15) is 0 Å². The first-order valence-corrected chi connectivity index (χ1v) is 6.78. The highest BCUT2D eigenvalue weighted by Crippen LogP contribution is 2.08. The Bertz CT molecular complexity index is 436. The third kappa shape index (κ3) is 4.34. The fraction of sp³-hybridized carbons (Fsp3) is 0.444. The van der Waals surface area contributed by atoms with Crippen molar-refractivity contribution in [3.05, 3.63) is 23.9 Å². The number of aromatic nitrogens is 1. The van der Waals surface area contributed by atoms with Gasteiger partial charge in [-0.05, 0) is 11.6 Å². The third-order valence-electron chi connectivity index (χ3n) is 1.85. The first kappa shape index (κ1) is 13.2. The Kier molecular flexibility index (Phi) is 4.98. The van der Waals surface area contributed by atoms with Gasteiger partial charge in [-0.1, -0.05) is 0 Å². The Hall–Kier alpha value is -0.850. The van der Waals surface area contributed by atoms with Gasteiger partial charge in [0.05, 0.1) is 12.9 Å². The van der Waals surface area contributed by atoms with E-state index in [4.69, 9.17) is 16.3 Å². The molecule has 1 N–H and O–H groups in total. The van der Waals surface area contributed by atoms with E-state index in [2.05, 4.69) is 9.71 Å². The number of hydrogen-bond acceptors (Lipinski definition) is 4. The van der Waals surface area contributed by atoms with Crippen LogP contribution in [0.25, 0.3) is 0 Å². The molecule has 0 bridgehead atoms. The summed E-state index contributed by atoms with van der Waals surface area (Å²) in [6.07, 6.45) is 1.56. The summed E-state index contributed by atoms with van der Waals surface area (Å²) < 4.78 is 30.0. The maximum atomic E-state index is 11.3. The standard InChI is InChI=1S/C9H13ClN2O3S/c1-15-9-6-8(2-4-11-9)7-12-16(13,14)5-3-10/h2,4,6,12H,3,5,7H2,1H3. The van der Waals surface area contributed by atoms with Crippen molar-refractivity contribution in [2.45, 2.75) is 6.54 Å². The maximum absolute atomic E-state index is 11.3. The van der Waals surface area contributed by atoms with Gasteiger partial charge in [-0.25, -0.2) is 18.1 Å². The van der Waals surface area contributed by atoms with Crippen LogP contribution < -0.4 is 9.46 Å². The van der Waals surface area contributed by atoms with Gasteiger partial charge < -0.3 is 4.74 Å². The van der Waals surface area contributed by atoms with Crippen LogP contribution in [-0.2, 0) is 16.6 Å². The highest BCUT2D eigenvalue weighted by molar-refractivity contribution is 7.89. The van der Waals surface area contributed by atoms with Crippen molar-refractivity contribution in [3.63, 3.8) is 0 Å². The minimum atomic E-state index is -3.29. The zero-order valence-corrected chi connectivity index (χ0v) is 10.4. The van der Waals surface area contributed by atoms with Crippen molar-refractivity contribution >= 4 is 21.6 Å². The summed E-state index contributed by atoms with van der Waals surface area (Å²) in [5.74, 6) is 0.445. The van der Waals surface area contributed by atoms with E-state index in [0.29, 0.717) is 5.88 Å². The molecule has 0 saturated carbocycles. The number of halogens is 1. The molecule has 0 aliphatic rings. The molecule has 0 aliphatic carbocycles. The maximum Gasteiger partial charge on any atom is 0.213 e. The Labute approximate surface area is 99.8 Å². The quantitative estimate of drug-likeness (QED) is 0.770. The van der Waals surface area contributed by atoms with E-state index in [1.165, 1.54) is 7.11 Å². The SMILES string of the molecule is COc1cc(CNS(=O)(=O)CCCl)ccn1. The summed E-state index contributed by atoms with van der Waals surface area (Å²) in [5.41, 5.74) is 0.782. The monoisotopic (exact) mass is 264 g/mol. The van der Waals surface area contributed by atoms with Gasteiger partial charge in [0.2, 0.25) is 15.9 Å². The number of alkyl halides is 1. The van der Waals surface area contributed by atoms with Crippen molar-refractivity contribution in [1.29, 1.82) is 0 Å². The Morgan fingerprint density at radius 1 is 1.56 bits per heavy atom. The minimum absolute atomic E-state index is 0.0784. The zero-order valence-electron chi connectivity index (χ0n) is 8.81. The van der Waals surface area contributed by atoms with Gasteiger partial charge in [-0.15, -0.1) is 11.6 Å². The highest BCUT2D eigenvalue weighted by Gasteiger charge is 2.08. The van der Waals surface area contributed by atoms with E-state index in [0.717, 1.165) is 5.56 Å². The Morgan fingerprint density at radius 3 is 2.94 bits per heavy atom. The van der Waals surface area contributed by atoms with Crippen molar-refractivity contribution in [1.82, 2.24) is 9.71 Å². The number of pyridine rings is 1. The van der Waals surface area contributed by atoms with Crippen molar-refractivity contribution in [2.24, 2.45) is 0 Å². The van der Waals surface area contributed by atoms with Gasteiger partial charge in [-0.2, -0.15) is 0 Å². The van der Waals surface area contributed by atoms with Gasteiger partial charge in [0.15, 0.2) is 0 Å². The lowest BCUT2D eigenvalue weighted by atomic mass is 10.3. The van der Waals surface area contributed by atoms with Gasteiger partial charge in [-0.3, -0.25) is 0 Å². The minimum Gasteiger partial charge on any atom is -0.481 e. The first-order valence-electron chi connectivity index (χ1n) is 4.59. The van der Waals surface area contributed by atoms with E-state index in [-0.39, 0.29) is 18.2 Å². The number of rotatable bonds is 6. The van der Waals surface area contributed by atoms with Crippen LogP contribution in [0.2, 0.25) is 0 Å². The lowest BCUT2D eigenvalue weighted by molar-refractivity contribution is 0.397. The Balaban J connectivity index is 2.61. The molecule has 0 atom stereocenters. The molecule has 0 unspecified atom stereocenters. The summed E-state index contributed by atoms with van der Waals surface area (Å²) in [5, 5.41) is 0. The molecular weight excluding hydrogens is 252 g/mol. The molecule has 0 saturated heterocycles. The molecule has 16 heavy (non-hydrogen) atoms. The van der Waals surface area contributed by atoms with Crippen LogP contribution in [0.1, 0.15) is 5.56 Å². The zero-order chi connectivity index (χ0) is 12.0. The lowest BCUT2D eigenvalue weighted by Gasteiger charge is -2.06. The number of nitrogens with one attached hydrogen (secondary N) is 1. The molecule has 0 aliphatic heterocycles. The molecule has 1 rings (SSSR count). The van der Waals surface area contributed by atoms with E-state index >= 15 is 0 Å². The number of ether oxygens (including phenoxy) is 1. The first-order chi connectivity index (χ1) is 7.57. The molecule has 1 heterocycles. The molecule has 1 aromatic rings. The predicted octanol–water partition coefficient (Wildman–Crippen LogP) is 0.748. The Morgan fingerprint density at radius 2 is 2.31 bits per heavy atom. The average molecular weight is 265 g/mol. The molecule has 0 aromatic carbocycles. The van der Waals surface area contributed by atoms with Gasteiger partial charge in [0, 0.05) is 24.7 Å². The van der Waals surface area contributed by atoms with Crippen LogP contribution in [0.15, 0.2) is 18.3 Å². The molecule has 0 spiro atoms. The largest absolute Gasteiger partial charge is 0.481 e. The normalized spacial score (nSPS) is 11.4. The molecule has 0 amide bonds. The fourth-order valence-corrected chi connectivity index (χ4v) is 2.38. The van der Waals surface area contributed by atoms with Crippen LogP contribution in [0.4, 0.5) is 0 Å². The van der Waals surface area contributed by atoms with Crippen molar-refractivity contribution in [2.75, 3.05) is 18.7 Å². The van der Waals surface area contributed by atoms with E-state index in [1.807, 2.05) is 0 Å². The summed E-state index contributed by atoms with van der Waals surface area (Å²) >= 11 is 5.37. The lowest BCUT2D eigenvalue weighted by Crippen LogP contribution is -2.26. The molecule has 7 heteroatoms. The molecular formula is C9H13ClN2O3S. The van der Waals surface area contributed by atoms with Crippen molar-refractivity contribution in [3.8, 4) is 5.88 Å². The second-order valence-electron chi connectivity index (χ2n) is 3.04. The summed E-state index contributed by atoms with van der Waals surface area (Å²) in [6, 6.07) is 3.38. The van der Waals surface area contributed by atoms with E-state index in [9.17, 15) is 8.42 Å². The summed E-state index contributed by atoms with van der Waals surface area (Å²) in [4.78, 5) is 3.92. The second kappa shape index (κ2) is 6.03. The second-order valence-corrected chi connectivity index (χ2v) is 5.34. The number of methoxy groups -OCH3 is 1. The topological polar surface area (TPSA) is 68.3 Å². The van der Waals surface area contributed by atoms with Crippen LogP contribution in [0, 0.1) is 0 Å². The molecule has 0 fully saturated rings. The highest BCUT2D eigenvalue weighted by atomic mass is 35.5. The fourth-order valence-electron chi connectivity index (χ4n) is 1.04. The number of sulfonamides is 1. The number of nitrogens with zero attached hydrogens (tertiary/aromatic N) is 1. The van der Waals surface area contributed by atoms with Crippen molar-refractivity contribution < 1.29 is 13.2 Å². The third-order valence-corrected chi connectivity index (χ3v) is 3.59. The summed E-state index contributed by atoms with van der Waals surface area (Å²) in [6.45, 7) is 0.206. The van der Waals surface area contributed by atoms with Crippen LogP contribution in [-0.4, -0.2) is 32.1 Å². The van der Waals surface area contributed by atoms with Gasteiger partial charge >= 0.3 is 0 Å². The predicted molar refractivity (Wildman–Crippen MR) is 62.1 cm³/mol. The van der Waals surface area contributed by atoms with Crippen LogP contribution in [0.3, 0.4) is 0 Å². The molecule has 0 radical (unpaired) electrons. The van der Waals surface area contributed by atoms with Crippen LogP contribution >= 0.6 is 11.6 Å². The summed E-state index contributed by atoms with van der Waals surface area (Å²) in [7, 11) is -1.79. The molecule has 5 nitrogen and oxygen atoms in total. The van der Waals surface area contributed by atoms with E-state index < -0.39 is 10.0 Å². The smallest absolute Gasteiger partial charge is 0.213 e. The molecule has 90 valence electrons. The van der Waals surface area contributed by atoms with Crippen LogP contribution in [0.5, 0.6) is 5.88 Å². The molecule has 1 aromatic heterocycles. The number of hydrogen-bond donors (Lipinski definition) is 1.